The van der Waals surface area contributed by atoms with Gasteiger partial charge in [-0.2, -0.15) is 5.10 Å². The Bertz CT molecular complexity index is 499. The van der Waals surface area contributed by atoms with Crippen molar-refractivity contribution in [3.63, 3.8) is 0 Å². The van der Waals surface area contributed by atoms with Gasteiger partial charge in [0.25, 0.3) is 0 Å². The summed E-state index contributed by atoms with van der Waals surface area (Å²) in [5.74, 6) is -0.590. The van der Waals surface area contributed by atoms with Crippen LogP contribution in [0.3, 0.4) is 0 Å². The Morgan fingerprint density at radius 1 is 1.48 bits per heavy atom. The van der Waals surface area contributed by atoms with Crippen LogP contribution in [0, 0.1) is 6.92 Å². The zero-order chi connectivity index (χ0) is 16.2. The number of nitrogens with one attached hydrogen (secondary N) is 1. The van der Waals surface area contributed by atoms with Crippen LogP contribution in [0.1, 0.15) is 26.5 Å². The summed E-state index contributed by atoms with van der Waals surface area (Å²) in [6.45, 7) is 7.05. The van der Waals surface area contributed by atoms with Crippen LogP contribution in [0.4, 0.5) is 10.5 Å². The summed E-state index contributed by atoms with van der Waals surface area (Å²) in [4.78, 5) is 23.5. The minimum Gasteiger partial charge on any atom is -0.467 e. The monoisotopic (exact) mass is 298 g/mol. The van der Waals surface area contributed by atoms with E-state index in [1.165, 1.54) is 11.8 Å². The lowest BCUT2D eigenvalue weighted by molar-refractivity contribution is -0.143. The molecule has 1 rings (SSSR count). The van der Waals surface area contributed by atoms with Gasteiger partial charge in [0.05, 0.1) is 25.0 Å². The highest BCUT2D eigenvalue weighted by molar-refractivity contribution is 5.81. The van der Waals surface area contributed by atoms with Gasteiger partial charge in [0.2, 0.25) is 0 Å². The maximum atomic E-state index is 11.8. The lowest BCUT2D eigenvalue weighted by Gasteiger charge is -2.22. The number of methoxy groups -OCH3 is 1. The van der Waals surface area contributed by atoms with Crippen LogP contribution in [0.2, 0.25) is 0 Å². The molecule has 118 valence electrons. The minimum absolute atomic E-state index is 0.101. The maximum Gasteiger partial charge on any atom is 0.408 e. The molecule has 0 aromatic carbocycles. The zero-order valence-corrected chi connectivity index (χ0v) is 13.0. The number of alkyl carbamates (subject to hydrolysis) is 1. The normalized spacial score (nSPS) is 12.6. The summed E-state index contributed by atoms with van der Waals surface area (Å²) in [5, 5.41) is 6.60. The third-order valence-corrected chi connectivity index (χ3v) is 2.53. The summed E-state index contributed by atoms with van der Waals surface area (Å²) >= 11 is 0. The van der Waals surface area contributed by atoms with Crippen LogP contribution in [0.15, 0.2) is 6.20 Å². The quantitative estimate of drug-likeness (QED) is 0.797. The second-order valence-corrected chi connectivity index (χ2v) is 5.61. The predicted octanol–water partition coefficient (Wildman–Crippen LogP) is 0.840. The first-order valence-corrected chi connectivity index (χ1v) is 6.49. The molecular weight excluding hydrogens is 276 g/mol. The number of amides is 1. The number of nitrogen functional groups attached to an aromatic ring is 1. The third-order valence-electron chi connectivity index (χ3n) is 2.53. The maximum absolute atomic E-state index is 11.8. The second-order valence-electron chi connectivity index (χ2n) is 5.61. The second kappa shape index (κ2) is 6.47. The van der Waals surface area contributed by atoms with E-state index >= 15 is 0 Å². The van der Waals surface area contributed by atoms with Crippen LogP contribution in [0.5, 0.6) is 0 Å². The Hall–Kier alpha value is -2.25. The van der Waals surface area contributed by atoms with E-state index < -0.39 is 23.7 Å². The van der Waals surface area contributed by atoms with E-state index in [1.54, 1.807) is 33.9 Å². The van der Waals surface area contributed by atoms with E-state index in [0.717, 1.165) is 0 Å². The molecule has 3 N–H and O–H groups in total. The summed E-state index contributed by atoms with van der Waals surface area (Å²) < 4.78 is 11.3. The number of nitrogens with two attached hydrogens (primary N) is 1. The summed E-state index contributed by atoms with van der Waals surface area (Å²) in [7, 11) is 1.24. The van der Waals surface area contributed by atoms with Crippen molar-refractivity contribution >= 4 is 17.7 Å². The number of hydrogen-bond acceptors (Lipinski definition) is 6. The van der Waals surface area contributed by atoms with E-state index in [9.17, 15) is 9.59 Å². The number of rotatable bonds is 4. The molecule has 1 amide bonds. The molecule has 0 aliphatic heterocycles. The molecule has 0 aliphatic rings. The number of ether oxygens (including phenoxy) is 2. The van der Waals surface area contributed by atoms with Gasteiger partial charge in [-0.05, 0) is 27.7 Å². The molecule has 0 spiro atoms. The predicted molar refractivity (Wildman–Crippen MR) is 76.6 cm³/mol. The molecule has 1 aromatic rings. The van der Waals surface area contributed by atoms with Crippen molar-refractivity contribution in [1.82, 2.24) is 15.1 Å². The van der Waals surface area contributed by atoms with Crippen LogP contribution >= 0.6 is 0 Å². The Kier molecular flexibility index (Phi) is 5.17. The molecule has 8 nitrogen and oxygen atoms in total. The van der Waals surface area contributed by atoms with Crippen molar-refractivity contribution in [3.05, 3.63) is 11.9 Å². The topological polar surface area (TPSA) is 108 Å². The van der Waals surface area contributed by atoms with Gasteiger partial charge < -0.3 is 20.5 Å². The van der Waals surface area contributed by atoms with Crippen molar-refractivity contribution < 1.29 is 19.1 Å². The Labute approximate surface area is 123 Å². The highest BCUT2D eigenvalue weighted by Crippen LogP contribution is 2.09. The molecule has 0 saturated carbocycles. The molecule has 8 heteroatoms. The van der Waals surface area contributed by atoms with Gasteiger partial charge in [0.1, 0.15) is 11.6 Å². The molecule has 1 atom stereocenters. The number of aromatic nitrogens is 2. The van der Waals surface area contributed by atoms with Crippen molar-refractivity contribution in [2.45, 2.75) is 45.9 Å². The summed E-state index contributed by atoms with van der Waals surface area (Å²) in [6, 6.07) is -0.913. The molecule has 1 aromatic heterocycles. The van der Waals surface area contributed by atoms with Crippen LogP contribution < -0.4 is 11.1 Å². The molecule has 1 unspecified atom stereocenters. The molecule has 0 aliphatic carbocycles. The van der Waals surface area contributed by atoms with Crippen LogP contribution in [-0.2, 0) is 20.8 Å². The van der Waals surface area contributed by atoms with E-state index in [1.807, 2.05) is 0 Å². The fourth-order valence-electron chi connectivity index (χ4n) is 1.59. The molecule has 0 bridgehead atoms. The largest absolute Gasteiger partial charge is 0.467 e. The highest BCUT2D eigenvalue weighted by atomic mass is 16.6. The van der Waals surface area contributed by atoms with E-state index in [0.29, 0.717) is 11.4 Å². The first-order valence-electron chi connectivity index (χ1n) is 6.49. The van der Waals surface area contributed by atoms with Crippen molar-refractivity contribution in [2.75, 3.05) is 12.8 Å². The SMILES string of the molecule is COC(=O)C(Cn1cc(N)c(C)n1)NC(=O)OC(C)(C)C. The number of carbonyl (C=O) groups is 2. The van der Waals surface area contributed by atoms with Gasteiger partial charge in [-0.25, -0.2) is 9.59 Å². The van der Waals surface area contributed by atoms with Gasteiger partial charge >= 0.3 is 12.1 Å². The third kappa shape index (κ3) is 5.33. The minimum atomic E-state index is -0.913. The average Bonchev–Trinajstić information content (AvgIpc) is 2.64. The number of nitrogens with zero attached hydrogens (tertiary/aromatic N) is 2. The number of aryl methyl sites for hydroxylation is 1. The molecule has 1 heterocycles. The molecule has 21 heavy (non-hydrogen) atoms. The highest BCUT2D eigenvalue weighted by Gasteiger charge is 2.25. The zero-order valence-electron chi connectivity index (χ0n) is 13.0. The molecule has 0 radical (unpaired) electrons. The number of hydrogen-bond donors (Lipinski definition) is 2. The smallest absolute Gasteiger partial charge is 0.408 e. The summed E-state index contributed by atoms with van der Waals surface area (Å²) in [5.41, 5.74) is 6.20. The van der Waals surface area contributed by atoms with Crippen LogP contribution in [0.25, 0.3) is 0 Å². The Morgan fingerprint density at radius 3 is 2.52 bits per heavy atom. The van der Waals surface area contributed by atoms with Gasteiger partial charge in [-0.15, -0.1) is 0 Å². The molecule has 0 saturated heterocycles. The van der Waals surface area contributed by atoms with Crippen molar-refractivity contribution in [3.8, 4) is 0 Å². The van der Waals surface area contributed by atoms with Gasteiger partial charge in [0.15, 0.2) is 0 Å². The molecule has 0 fully saturated rings. The van der Waals surface area contributed by atoms with Gasteiger partial charge in [-0.3, -0.25) is 4.68 Å². The lowest BCUT2D eigenvalue weighted by Crippen LogP contribution is -2.46. The molecular formula is C13H22N4O4. The number of esters is 1. The number of carbonyl (C=O) groups excluding carboxylic acids is 2. The van der Waals surface area contributed by atoms with E-state index in [2.05, 4.69) is 15.2 Å². The standard InChI is InChI=1S/C13H22N4O4/c1-8-9(14)6-17(16-8)7-10(11(18)20-5)15-12(19)21-13(2,3)4/h6,10H,7,14H2,1-5H3,(H,15,19). The van der Waals surface area contributed by atoms with Gasteiger partial charge in [0, 0.05) is 6.20 Å². The fraction of sp³-hybridized carbons (Fsp3) is 0.615. The van der Waals surface area contributed by atoms with E-state index in [-0.39, 0.29) is 6.54 Å². The Morgan fingerprint density at radius 2 is 2.10 bits per heavy atom. The average molecular weight is 298 g/mol. The first-order chi connectivity index (χ1) is 9.62. The van der Waals surface area contributed by atoms with Crippen molar-refractivity contribution in [2.24, 2.45) is 0 Å². The van der Waals surface area contributed by atoms with Crippen molar-refractivity contribution in [1.29, 1.82) is 0 Å². The van der Waals surface area contributed by atoms with E-state index in [4.69, 9.17) is 10.5 Å². The van der Waals surface area contributed by atoms with Gasteiger partial charge in [-0.1, -0.05) is 0 Å². The number of anilines is 1. The lowest BCUT2D eigenvalue weighted by atomic mass is 10.2. The Balaban J connectivity index is 2.77. The first kappa shape index (κ1) is 16.8. The fourth-order valence-corrected chi connectivity index (χ4v) is 1.59. The summed E-state index contributed by atoms with van der Waals surface area (Å²) in [6.07, 6.45) is 0.886. The van der Waals surface area contributed by atoms with Crippen LogP contribution in [-0.4, -0.2) is 40.6 Å².